The first-order valence-electron chi connectivity index (χ1n) is 12.0. The quantitative estimate of drug-likeness (QED) is 0.441. The number of ether oxygens (including phenoxy) is 1. The van der Waals surface area contributed by atoms with Gasteiger partial charge in [0.05, 0.1) is 24.9 Å². The van der Waals surface area contributed by atoms with Gasteiger partial charge < -0.3 is 20.7 Å². The normalized spacial score (nSPS) is 18.9. The molecule has 2 atom stereocenters. The van der Waals surface area contributed by atoms with E-state index in [1.807, 2.05) is 42.7 Å². The lowest BCUT2D eigenvalue weighted by Crippen LogP contribution is -2.49. The predicted molar refractivity (Wildman–Crippen MR) is 143 cm³/mol. The third-order valence-electron chi connectivity index (χ3n) is 6.49. The molecule has 2 aromatic carbocycles. The molecule has 1 fully saturated rings. The van der Waals surface area contributed by atoms with Gasteiger partial charge in [0.25, 0.3) is 0 Å². The van der Waals surface area contributed by atoms with Crippen molar-refractivity contribution in [3.8, 4) is 0 Å². The number of aromatic nitrogens is 1. The van der Waals surface area contributed by atoms with E-state index in [9.17, 15) is 4.79 Å². The number of hydrazine groups is 1. The molecule has 0 aliphatic carbocycles. The average molecular weight is 483 g/mol. The highest BCUT2D eigenvalue weighted by molar-refractivity contribution is 5.98. The van der Waals surface area contributed by atoms with Gasteiger partial charge in [-0.2, -0.15) is 0 Å². The van der Waals surface area contributed by atoms with Gasteiger partial charge in [0.2, 0.25) is 5.91 Å². The number of nitrogens with zero attached hydrogens (tertiary/aromatic N) is 3. The number of nitrogens with one attached hydrogen (secondary N) is 2. The van der Waals surface area contributed by atoms with Crippen molar-refractivity contribution < 1.29 is 9.53 Å². The van der Waals surface area contributed by atoms with Crippen LogP contribution in [0.3, 0.4) is 0 Å². The highest BCUT2D eigenvalue weighted by Gasteiger charge is 2.26. The number of hydrogen-bond donors (Lipinski definition) is 3. The first-order valence-corrected chi connectivity index (χ1v) is 12.0. The fourth-order valence-corrected chi connectivity index (χ4v) is 4.69. The molecular formula is C28H30N6O2. The topological polar surface area (TPSA) is 95.8 Å². The summed E-state index contributed by atoms with van der Waals surface area (Å²) < 4.78 is 5.59. The molecule has 0 radical (unpaired) electrons. The Hall–Kier alpha value is -4.14. The lowest BCUT2D eigenvalue weighted by molar-refractivity contribution is -0.111. The van der Waals surface area contributed by atoms with Crippen molar-refractivity contribution in [1.29, 1.82) is 0 Å². The number of carbonyl (C=O) groups is 1. The fourth-order valence-electron chi connectivity index (χ4n) is 4.69. The Morgan fingerprint density at radius 2 is 2.06 bits per heavy atom. The van der Waals surface area contributed by atoms with Gasteiger partial charge >= 0.3 is 0 Å². The Kier molecular flexibility index (Phi) is 6.97. The first kappa shape index (κ1) is 23.6. The van der Waals surface area contributed by atoms with Gasteiger partial charge in [-0.1, -0.05) is 18.7 Å². The molecule has 4 N–H and O–H groups in total. The van der Waals surface area contributed by atoms with Crippen LogP contribution >= 0.6 is 0 Å². The Balaban J connectivity index is 1.42. The molecular weight excluding hydrogens is 452 g/mol. The number of anilines is 3. The highest BCUT2D eigenvalue weighted by atomic mass is 16.5. The Morgan fingerprint density at radius 1 is 1.19 bits per heavy atom. The molecule has 1 saturated heterocycles. The zero-order valence-corrected chi connectivity index (χ0v) is 20.0. The molecule has 0 saturated carbocycles. The van der Waals surface area contributed by atoms with Gasteiger partial charge in [-0.05, 0) is 71.3 Å². The molecule has 3 aromatic rings. The molecule has 2 aliphatic heterocycles. The molecule has 5 rings (SSSR count). The van der Waals surface area contributed by atoms with Crippen LogP contribution < -0.4 is 21.4 Å². The van der Waals surface area contributed by atoms with Gasteiger partial charge in [0.15, 0.2) is 0 Å². The second-order valence-corrected chi connectivity index (χ2v) is 8.77. The van der Waals surface area contributed by atoms with Crippen LogP contribution in [0.4, 0.5) is 17.1 Å². The molecule has 1 amide bonds. The maximum Gasteiger partial charge on any atom is 0.247 e. The van der Waals surface area contributed by atoms with Gasteiger partial charge in [0, 0.05) is 43.1 Å². The summed E-state index contributed by atoms with van der Waals surface area (Å²) in [5.41, 5.74) is 15.5. The van der Waals surface area contributed by atoms with Crippen molar-refractivity contribution >= 4 is 29.0 Å². The van der Waals surface area contributed by atoms with Gasteiger partial charge in [0.1, 0.15) is 6.04 Å². The summed E-state index contributed by atoms with van der Waals surface area (Å²) in [4.78, 5) is 18.5. The standard InChI is InChI=1S/C28H30N6O2/c1-2-27(35)31-23-5-3-4-20(16-23)28-26-10-12-30-18-21(26)11-13-34(28)32-22-6-8-24(9-7-22)33-14-15-36-19-25(33)17-29/h2-13,16,18,25,28,32H,1,14-15,17,19,29H2,(H,31,35). The monoisotopic (exact) mass is 482 g/mol. The number of hydrogen-bond acceptors (Lipinski definition) is 7. The first-order chi connectivity index (χ1) is 17.7. The Bertz CT molecular complexity index is 1260. The van der Waals surface area contributed by atoms with Crippen LogP contribution in [0.15, 0.2) is 85.8 Å². The van der Waals surface area contributed by atoms with E-state index >= 15 is 0 Å². The Labute approximate surface area is 211 Å². The smallest absolute Gasteiger partial charge is 0.247 e. The van der Waals surface area contributed by atoms with E-state index in [2.05, 4.69) is 62.5 Å². The number of nitrogens with two attached hydrogens (primary N) is 1. The molecule has 0 spiro atoms. The number of pyridine rings is 1. The summed E-state index contributed by atoms with van der Waals surface area (Å²) >= 11 is 0. The summed E-state index contributed by atoms with van der Waals surface area (Å²) in [5, 5.41) is 4.93. The minimum absolute atomic E-state index is 0.130. The van der Waals surface area contributed by atoms with Crippen LogP contribution in [0.25, 0.3) is 6.08 Å². The molecule has 8 heteroatoms. The number of rotatable bonds is 7. The SMILES string of the molecule is C=CC(=O)Nc1cccc(C2c3ccncc3C=CN2Nc2ccc(N3CCOCC3CN)cc2)c1. The summed E-state index contributed by atoms with van der Waals surface area (Å²) in [6.07, 6.45) is 9.00. The number of benzene rings is 2. The summed E-state index contributed by atoms with van der Waals surface area (Å²) in [5.74, 6) is -0.243. The number of amides is 1. The summed E-state index contributed by atoms with van der Waals surface area (Å²) in [6, 6.07) is 18.3. The van der Waals surface area contributed by atoms with Crippen LogP contribution in [0.1, 0.15) is 22.7 Å². The molecule has 0 bridgehead atoms. The van der Waals surface area contributed by atoms with Crippen molar-refractivity contribution in [1.82, 2.24) is 9.99 Å². The summed E-state index contributed by atoms with van der Waals surface area (Å²) in [7, 11) is 0. The van der Waals surface area contributed by atoms with E-state index < -0.39 is 0 Å². The van der Waals surface area contributed by atoms with Crippen LogP contribution in [-0.2, 0) is 9.53 Å². The van der Waals surface area contributed by atoms with E-state index in [1.165, 1.54) is 6.08 Å². The van der Waals surface area contributed by atoms with Gasteiger partial charge in [-0.3, -0.25) is 20.2 Å². The van der Waals surface area contributed by atoms with E-state index in [0.717, 1.165) is 34.6 Å². The van der Waals surface area contributed by atoms with Crippen LogP contribution in [0, 0.1) is 0 Å². The van der Waals surface area contributed by atoms with E-state index in [0.29, 0.717) is 25.4 Å². The van der Waals surface area contributed by atoms with Crippen LogP contribution in [0.2, 0.25) is 0 Å². The lowest BCUT2D eigenvalue weighted by Gasteiger charge is -2.37. The third kappa shape index (κ3) is 4.95. The Morgan fingerprint density at radius 3 is 2.86 bits per heavy atom. The predicted octanol–water partition coefficient (Wildman–Crippen LogP) is 3.77. The minimum atomic E-state index is -0.243. The largest absolute Gasteiger partial charge is 0.377 e. The number of carbonyl (C=O) groups excluding carboxylic acids is 1. The molecule has 8 nitrogen and oxygen atoms in total. The third-order valence-corrected chi connectivity index (χ3v) is 6.49. The van der Waals surface area contributed by atoms with Gasteiger partial charge in [-0.25, -0.2) is 0 Å². The lowest BCUT2D eigenvalue weighted by atomic mass is 9.93. The second-order valence-electron chi connectivity index (χ2n) is 8.77. The number of fused-ring (bicyclic) bond motifs is 1. The maximum absolute atomic E-state index is 11.9. The second kappa shape index (κ2) is 10.6. The van der Waals surface area contributed by atoms with Gasteiger partial charge in [-0.15, -0.1) is 0 Å². The zero-order valence-electron chi connectivity index (χ0n) is 20.0. The van der Waals surface area contributed by atoms with Crippen molar-refractivity contribution in [2.75, 3.05) is 41.9 Å². The zero-order chi connectivity index (χ0) is 24.9. The minimum Gasteiger partial charge on any atom is -0.377 e. The number of morpholine rings is 1. The molecule has 2 aliphatic rings. The van der Waals surface area contributed by atoms with Crippen LogP contribution in [-0.4, -0.2) is 48.2 Å². The van der Waals surface area contributed by atoms with Crippen molar-refractivity contribution in [3.05, 3.63) is 103 Å². The average Bonchev–Trinajstić information content (AvgIpc) is 2.93. The van der Waals surface area contributed by atoms with Crippen molar-refractivity contribution in [2.45, 2.75) is 12.1 Å². The van der Waals surface area contributed by atoms with E-state index in [-0.39, 0.29) is 18.0 Å². The molecule has 2 unspecified atom stereocenters. The molecule has 1 aromatic heterocycles. The van der Waals surface area contributed by atoms with Crippen molar-refractivity contribution in [2.24, 2.45) is 5.73 Å². The molecule has 3 heterocycles. The van der Waals surface area contributed by atoms with Crippen LogP contribution in [0.5, 0.6) is 0 Å². The van der Waals surface area contributed by atoms with E-state index in [1.54, 1.807) is 6.20 Å². The highest BCUT2D eigenvalue weighted by Crippen LogP contribution is 2.36. The van der Waals surface area contributed by atoms with E-state index in [4.69, 9.17) is 10.5 Å². The molecule has 184 valence electrons. The molecule has 36 heavy (non-hydrogen) atoms. The fraction of sp³-hybridized carbons (Fsp3) is 0.214. The summed E-state index contributed by atoms with van der Waals surface area (Å²) in [6.45, 7) is 6.28. The maximum atomic E-state index is 11.9. The van der Waals surface area contributed by atoms with Crippen molar-refractivity contribution in [3.63, 3.8) is 0 Å².